The molecule has 3 amide bonds. The molecule has 1 rings (SSSR count). The van der Waals surface area contributed by atoms with Crippen LogP contribution < -0.4 is 16.0 Å². The Kier molecular flexibility index (Phi) is 6.72. The first-order valence-electron chi connectivity index (χ1n) is 7.26. The molecule has 0 aliphatic rings. The van der Waals surface area contributed by atoms with Gasteiger partial charge >= 0.3 is 6.03 Å². The van der Waals surface area contributed by atoms with Crippen molar-refractivity contribution >= 4 is 11.9 Å². The molecule has 0 aromatic heterocycles. The summed E-state index contributed by atoms with van der Waals surface area (Å²) < 4.78 is 0. The van der Waals surface area contributed by atoms with Gasteiger partial charge in [0.05, 0.1) is 6.04 Å². The van der Waals surface area contributed by atoms with Gasteiger partial charge in [-0.1, -0.05) is 18.2 Å². The van der Waals surface area contributed by atoms with Gasteiger partial charge in [-0.3, -0.25) is 4.79 Å². The molecule has 0 unspecified atom stereocenters. The third-order valence-corrected chi connectivity index (χ3v) is 3.47. The first kappa shape index (κ1) is 17.0. The number of hydrogen-bond donors (Lipinski definition) is 3. The summed E-state index contributed by atoms with van der Waals surface area (Å²) in [5, 5.41) is 8.41. The summed E-state index contributed by atoms with van der Waals surface area (Å²) >= 11 is 0. The molecule has 5 heteroatoms. The van der Waals surface area contributed by atoms with Gasteiger partial charge in [-0.25, -0.2) is 4.79 Å². The Hall–Kier alpha value is -2.04. The molecule has 0 radical (unpaired) electrons. The van der Waals surface area contributed by atoms with Crippen LogP contribution in [0.4, 0.5) is 4.79 Å². The highest BCUT2D eigenvalue weighted by Gasteiger charge is 2.11. The van der Waals surface area contributed by atoms with Crippen LogP contribution in [-0.2, 0) is 4.79 Å². The van der Waals surface area contributed by atoms with Gasteiger partial charge in [0, 0.05) is 20.0 Å². The van der Waals surface area contributed by atoms with Crippen LogP contribution in [0.5, 0.6) is 0 Å². The lowest BCUT2D eigenvalue weighted by atomic mass is 9.98. The maximum absolute atomic E-state index is 11.8. The van der Waals surface area contributed by atoms with Gasteiger partial charge in [0.2, 0.25) is 5.91 Å². The van der Waals surface area contributed by atoms with E-state index in [4.69, 9.17) is 0 Å². The molecule has 21 heavy (non-hydrogen) atoms. The predicted molar refractivity (Wildman–Crippen MR) is 84.2 cm³/mol. The first-order chi connectivity index (χ1) is 9.91. The molecular formula is C16H25N3O2. The molecule has 0 aliphatic heterocycles. The molecule has 0 heterocycles. The molecule has 0 fully saturated rings. The predicted octanol–water partition coefficient (Wildman–Crippen LogP) is 2.19. The van der Waals surface area contributed by atoms with Gasteiger partial charge in [0.15, 0.2) is 0 Å². The standard InChI is InChI=1S/C16H25N3O2/c1-11-7-5-8-15(12(11)2)13(3)19-16(21)18-10-6-9-17-14(4)20/h5,7-8,13H,6,9-10H2,1-4H3,(H,17,20)(H2,18,19,21)/t13-/m0/s1. The lowest BCUT2D eigenvalue weighted by molar-refractivity contribution is -0.118. The Labute approximate surface area is 126 Å². The van der Waals surface area contributed by atoms with Crippen molar-refractivity contribution < 1.29 is 9.59 Å². The summed E-state index contributed by atoms with van der Waals surface area (Å²) in [5.41, 5.74) is 3.55. The topological polar surface area (TPSA) is 70.2 Å². The number of amides is 3. The van der Waals surface area contributed by atoms with Gasteiger partial charge in [0.25, 0.3) is 0 Å². The Bertz CT molecular complexity index is 500. The third-order valence-electron chi connectivity index (χ3n) is 3.47. The summed E-state index contributed by atoms with van der Waals surface area (Å²) in [6, 6.07) is 5.87. The van der Waals surface area contributed by atoms with E-state index in [1.807, 2.05) is 19.1 Å². The van der Waals surface area contributed by atoms with Crippen molar-refractivity contribution in [2.24, 2.45) is 0 Å². The van der Waals surface area contributed by atoms with E-state index in [1.54, 1.807) is 0 Å². The molecule has 0 saturated heterocycles. The van der Waals surface area contributed by atoms with Gasteiger partial charge in [-0.05, 0) is 43.9 Å². The van der Waals surface area contributed by atoms with Gasteiger partial charge in [-0.15, -0.1) is 0 Å². The number of nitrogens with one attached hydrogen (secondary N) is 3. The van der Waals surface area contributed by atoms with E-state index in [0.29, 0.717) is 19.5 Å². The Morgan fingerprint density at radius 3 is 2.48 bits per heavy atom. The highest BCUT2D eigenvalue weighted by molar-refractivity contribution is 5.74. The Morgan fingerprint density at radius 1 is 1.14 bits per heavy atom. The van der Waals surface area contributed by atoms with Crippen molar-refractivity contribution in [3.8, 4) is 0 Å². The summed E-state index contributed by atoms with van der Waals surface area (Å²) in [6.07, 6.45) is 0.713. The smallest absolute Gasteiger partial charge is 0.315 e. The molecule has 0 saturated carbocycles. The monoisotopic (exact) mass is 291 g/mol. The van der Waals surface area contributed by atoms with Crippen LogP contribution in [0.3, 0.4) is 0 Å². The molecule has 1 atom stereocenters. The number of carbonyl (C=O) groups is 2. The molecule has 0 aliphatic carbocycles. The second kappa shape index (κ2) is 8.29. The minimum Gasteiger partial charge on any atom is -0.356 e. The molecule has 3 N–H and O–H groups in total. The summed E-state index contributed by atoms with van der Waals surface area (Å²) in [6.45, 7) is 8.68. The zero-order valence-corrected chi connectivity index (χ0v) is 13.2. The fourth-order valence-electron chi connectivity index (χ4n) is 2.12. The minimum absolute atomic E-state index is 0.0414. The summed E-state index contributed by atoms with van der Waals surface area (Å²) in [4.78, 5) is 22.5. The van der Waals surface area contributed by atoms with Crippen LogP contribution in [-0.4, -0.2) is 25.0 Å². The highest BCUT2D eigenvalue weighted by Crippen LogP contribution is 2.19. The van der Waals surface area contributed by atoms with Crippen LogP contribution in [0.15, 0.2) is 18.2 Å². The van der Waals surface area contributed by atoms with Crippen LogP contribution in [0.2, 0.25) is 0 Å². The minimum atomic E-state index is -0.189. The number of hydrogen-bond acceptors (Lipinski definition) is 2. The lowest BCUT2D eigenvalue weighted by Crippen LogP contribution is -2.38. The van der Waals surface area contributed by atoms with Crippen molar-refractivity contribution in [2.75, 3.05) is 13.1 Å². The van der Waals surface area contributed by atoms with Crippen LogP contribution in [0.25, 0.3) is 0 Å². The summed E-state index contributed by atoms with van der Waals surface area (Å²) in [7, 11) is 0. The van der Waals surface area contributed by atoms with Crippen molar-refractivity contribution in [1.29, 1.82) is 0 Å². The number of rotatable bonds is 6. The SMILES string of the molecule is CC(=O)NCCCNC(=O)N[C@@H](C)c1cccc(C)c1C. The normalized spacial score (nSPS) is 11.6. The number of carbonyl (C=O) groups excluding carboxylic acids is 2. The van der Waals surface area contributed by atoms with Gasteiger partial charge < -0.3 is 16.0 Å². The Morgan fingerprint density at radius 2 is 1.81 bits per heavy atom. The summed E-state index contributed by atoms with van der Waals surface area (Å²) in [5.74, 6) is -0.0528. The maximum Gasteiger partial charge on any atom is 0.315 e. The van der Waals surface area contributed by atoms with Crippen molar-refractivity contribution in [1.82, 2.24) is 16.0 Å². The molecule has 0 spiro atoms. The zero-order chi connectivity index (χ0) is 15.8. The van der Waals surface area contributed by atoms with E-state index in [2.05, 4.69) is 35.9 Å². The molecule has 0 bridgehead atoms. The van der Waals surface area contributed by atoms with E-state index < -0.39 is 0 Å². The largest absolute Gasteiger partial charge is 0.356 e. The fourth-order valence-corrected chi connectivity index (χ4v) is 2.12. The van der Waals surface area contributed by atoms with Crippen LogP contribution in [0.1, 0.15) is 43.0 Å². The molecule has 1 aromatic rings. The van der Waals surface area contributed by atoms with E-state index in [1.165, 1.54) is 18.1 Å². The average Bonchev–Trinajstić information content (AvgIpc) is 2.41. The zero-order valence-electron chi connectivity index (χ0n) is 13.2. The molecular weight excluding hydrogens is 266 g/mol. The third kappa shape index (κ3) is 5.85. The molecule has 1 aromatic carbocycles. The van der Waals surface area contributed by atoms with Crippen LogP contribution >= 0.6 is 0 Å². The number of urea groups is 1. The van der Waals surface area contributed by atoms with E-state index >= 15 is 0 Å². The number of aryl methyl sites for hydroxylation is 1. The lowest BCUT2D eigenvalue weighted by Gasteiger charge is -2.18. The van der Waals surface area contributed by atoms with Crippen molar-refractivity contribution in [3.05, 3.63) is 34.9 Å². The molecule has 116 valence electrons. The average molecular weight is 291 g/mol. The Balaban J connectivity index is 2.37. The van der Waals surface area contributed by atoms with E-state index in [-0.39, 0.29) is 18.0 Å². The molecule has 5 nitrogen and oxygen atoms in total. The number of benzene rings is 1. The van der Waals surface area contributed by atoms with Crippen LogP contribution in [0, 0.1) is 13.8 Å². The quantitative estimate of drug-likeness (QED) is 0.703. The fraction of sp³-hybridized carbons (Fsp3) is 0.500. The highest BCUT2D eigenvalue weighted by atomic mass is 16.2. The maximum atomic E-state index is 11.8. The van der Waals surface area contributed by atoms with Gasteiger partial charge in [0.1, 0.15) is 0 Å². The van der Waals surface area contributed by atoms with Crippen molar-refractivity contribution in [3.63, 3.8) is 0 Å². The van der Waals surface area contributed by atoms with Gasteiger partial charge in [-0.2, -0.15) is 0 Å². The second-order valence-electron chi connectivity index (χ2n) is 5.25. The first-order valence-corrected chi connectivity index (χ1v) is 7.26. The second-order valence-corrected chi connectivity index (χ2v) is 5.25. The van der Waals surface area contributed by atoms with E-state index in [9.17, 15) is 9.59 Å². The van der Waals surface area contributed by atoms with E-state index in [0.717, 1.165) is 5.56 Å². The van der Waals surface area contributed by atoms with Crippen molar-refractivity contribution in [2.45, 2.75) is 40.2 Å².